The van der Waals surface area contributed by atoms with E-state index in [-0.39, 0.29) is 0 Å². The number of piperidine rings is 1. The van der Waals surface area contributed by atoms with E-state index >= 15 is 0 Å². The lowest BCUT2D eigenvalue weighted by Gasteiger charge is -2.26. The van der Waals surface area contributed by atoms with Crippen molar-refractivity contribution in [3.63, 3.8) is 0 Å². The van der Waals surface area contributed by atoms with Gasteiger partial charge < -0.3 is 15.0 Å². The molecule has 6 nitrogen and oxygen atoms in total. The van der Waals surface area contributed by atoms with Crippen molar-refractivity contribution in [2.75, 3.05) is 30.4 Å². The van der Waals surface area contributed by atoms with Gasteiger partial charge in [0.15, 0.2) is 5.82 Å². The van der Waals surface area contributed by atoms with Crippen molar-refractivity contribution in [2.45, 2.75) is 19.3 Å². The Balaban J connectivity index is 1.76. The minimum Gasteiger partial charge on any atom is -0.495 e. The molecule has 0 aliphatic carbocycles. The van der Waals surface area contributed by atoms with Crippen LogP contribution in [0.15, 0.2) is 24.4 Å². The maximum absolute atomic E-state index is 6.13. The molecule has 1 aromatic heterocycles. The van der Waals surface area contributed by atoms with Crippen molar-refractivity contribution in [1.29, 1.82) is 0 Å². The average Bonchev–Trinajstić information content (AvgIpc) is 2.56. The van der Waals surface area contributed by atoms with E-state index in [0.29, 0.717) is 22.5 Å². The Hall–Kier alpha value is -2.08. The number of hydrogen-bond donors (Lipinski definition) is 1. The standard InChI is InChI=1S/C15H18ClN5O/c1-22-13-6-5-11(9-12(13)16)18-14-10-17-20-15(19-14)21-7-3-2-4-8-21/h5-6,9-10H,2-4,7-8H2,1H3,(H,18,19,20). The van der Waals surface area contributed by atoms with Gasteiger partial charge in [0.25, 0.3) is 0 Å². The lowest BCUT2D eigenvalue weighted by atomic mass is 10.1. The fourth-order valence-electron chi connectivity index (χ4n) is 2.47. The van der Waals surface area contributed by atoms with Gasteiger partial charge in [0, 0.05) is 18.8 Å². The van der Waals surface area contributed by atoms with Gasteiger partial charge in [0.2, 0.25) is 5.95 Å². The van der Waals surface area contributed by atoms with Crippen LogP contribution in [0.5, 0.6) is 5.75 Å². The fourth-order valence-corrected chi connectivity index (χ4v) is 2.73. The van der Waals surface area contributed by atoms with E-state index in [2.05, 4.69) is 25.4 Å². The molecular formula is C15H18ClN5O. The van der Waals surface area contributed by atoms with Gasteiger partial charge in [-0.3, -0.25) is 0 Å². The van der Waals surface area contributed by atoms with Gasteiger partial charge in [0.1, 0.15) is 5.75 Å². The van der Waals surface area contributed by atoms with Crippen LogP contribution in [-0.4, -0.2) is 35.4 Å². The molecule has 2 aromatic rings. The van der Waals surface area contributed by atoms with Crippen LogP contribution in [0.25, 0.3) is 0 Å². The summed E-state index contributed by atoms with van der Waals surface area (Å²) in [5, 5.41) is 11.9. The van der Waals surface area contributed by atoms with Crippen LogP contribution >= 0.6 is 11.6 Å². The van der Waals surface area contributed by atoms with Crippen LogP contribution in [0.3, 0.4) is 0 Å². The molecule has 0 saturated carbocycles. The zero-order valence-corrected chi connectivity index (χ0v) is 13.2. The van der Waals surface area contributed by atoms with Crippen LogP contribution in [0, 0.1) is 0 Å². The van der Waals surface area contributed by atoms with Crippen LogP contribution in [0.2, 0.25) is 5.02 Å². The van der Waals surface area contributed by atoms with Crippen LogP contribution in [0.1, 0.15) is 19.3 Å². The number of ether oxygens (including phenoxy) is 1. The highest BCUT2D eigenvalue weighted by molar-refractivity contribution is 6.32. The Morgan fingerprint density at radius 1 is 1.23 bits per heavy atom. The average molecular weight is 320 g/mol. The first-order valence-electron chi connectivity index (χ1n) is 7.31. The van der Waals surface area contributed by atoms with Gasteiger partial charge in [-0.15, -0.1) is 5.10 Å². The number of rotatable bonds is 4. The molecule has 3 rings (SSSR count). The molecule has 1 N–H and O–H groups in total. The predicted molar refractivity (Wildman–Crippen MR) is 87.2 cm³/mol. The summed E-state index contributed by atoms with van der Waals surface area (Å²) >= 11 is 6.13. The largest absolute Gasteiger partial charge is 0.495 e. The number of anilines is 3. The molecule has 7 heteroatoms. The minimum absolute atomic E-state index is 0.547. The number of halogens is 1. The Kier molecular flexibility index (Phi) is 4.58. The first-order chi connectivity index (χ1) is 10.8. The van der Waals surface area contributed by atoms with E-state index in [1.165, 1.54) is 19.3 Å². The number of methoxy groups -OCH3 is 1. The molecule has 22 heavy (non-hydrogen) atoms. The van der Waals surface area contributed by atoms with E-state index < -0.39 is 0 Å². The van der Waals surface area contributed by atoms with E-state index in [1.807, 2.05) is 12.1 Å². The van der Waals surface area contributed by atoms with Gasteiger partial charge in [-0.05, 0) is 37.5 Å². The molecule has 0 unspecified atom stereocenters. The second-order valence-electron chi connectivity index (χ2n) is 5.16. The smallest absolute Gasteiger partial charge is 0.247 e. The second-order valence-corrected chi connectivity index (χ2v) is 5.57. The third-order valence-electron chi connectivity index (χ3n) is 3.61. The molecule has 0 amide bonds. The predicted octanol–water partition coefficient (Wildman–Crippen LogP) is 3.27. The molecular weight excluding hydrogens is 302 g/mol. The molecule has 0 bridgehead atoms. The Labute approximate surface area is 134 Å². The molecule has 1 fully saturated rings. The Morgan fingerprint density at radius 2 is 2.05 bits per heavy atom. The number of aromatic nitrogens is 3. The zero-order valence-electron chi connectivity index (χ0n) is 12.4. The molecule has 0 atom stereocenters. The van der Waals surface area contributed by atoms with Crippen molar-refractivity contribution in [3.05, 3.63) is 29.4 Å². The third-order valence-corrected chi connectivity index (χ3v) is 3.91. The zero-order chi connectivity index (χ0) is 15.4. The minimum atomic E-state index is 0.547. The van der Waals surface area contributed by atoms with Gasteiger partial charge in [-0.2, -0.15) is 10.1 Å². The maximum Gasteiger partial charge on any atom is 0.247 e. The second kappa shape index (κ2) is 6.79. The SMILES string of the molecule is COc1ccc(Nc2cnnc(N3CCCCC3)n2)cc1Cl. The number of hydrogen-bond acceptors (Lipinski definition) is 6. The molecule has 1 aromatic carbocycles. The molecule has 0 spiro atoms. The van der Waals surface area contributed by atoms with Crippen molar-refractivity contribution in [3.8, 4) is 5.75 Å². The van der Waals surface area contributed by atoms with E-state index in [9.17, 15) is 0 Å². The summed E-state index contributed by atoms with van der Waals surface area (Å²) in [5.74, 6) is 1.96. The van der Waals surface area contributed by atoms with Crippen molar-refractivity contribution >= 4 is 29.1 Å². The monoisotopic (exact) mass is 319 g/mol. The highest BCUT2D eigenvalue weighted by Gasteiger charge is 2.14. The fraction of sp³-hybridized carbons (Fsp3) is 0.400. The number of nitrogens with one attached hydrogen (secondary N) is 1. The normalized spacial score (nSPS) is 14.7. The molecule has 1 aliphatic rings. The van der Waals surface area contributed by atoms with Gasteiger partial charge in [-0.25, -0.2) is 0 Å². The van der Waals surface area contributed by atoms with Crippen LogP contribution in [-0.2, 0) is 0 Å². The lowest BCUT2D eigenvalue weighted by molar-refractivity contribution is 0.415. The molecule has 0 radical (unpaired) electrons. The summed E-state index contributed by atoms with van der Waals surface area (Å²) in [7, 11) is 1.59. The summed E-state index contributed by atoms with van der Waals surface area (Å²) in [6.07, 6.45) is 5.22. The van der Waals surface area contributed by atoms with Gasteiger partial charge in [0.05, 0.1) is 18.3 Å². The highest BCUT2D eigenvalue weighted by atomic mass is 35.5. The summed E-state index contributed by atoms with van der Waals surface area (Å²) < 4.78 is 5.14. The van der Waals surface area contributed by atoms with Crippen LogP contribution < -0.4 is 15.0 Å². The first kappa shape index (κ1) is 14.8. The lowest BCUT2D eigenvalue weighted by Crippen LogP contribution is -2.31. The van der Waals surface area contributed by atoms with Gasteiger partial charge in [-0.1, -0.05) is 11.6 Å². The summed E-state index contributed by atoms with van der Waals surface area (Å²) in [6, 6.07) is 5.49. The Morgan fingerprint density at radius 3 is 2.77 bits per heavy atom. The summed E-state index contributed by atoms with van der Waals surface area (Å²) in [4.78, 5) is 6.70. The molecule has 1 saturated heterocycles. The van der Waals surface area contributed by atoms with E-state index in [1.54, 1.807) is 19.4 Å². The summed E-state index contributed by atoms with van der Waals surface area (Å²) in [5.41, 5.74) is 0.830. The third kappa shape index (κ3) is 3.39. The maximum atomic E-state index is 6.13. The Bertz CT molecular complexity index is 646. The molecule has 2 heterocycles. The highest BCUT2D eigenvalue weighted by Crippen LogP contribution is 2.28. The number of nitrogens with zero attached hydrogens (tertiary/aromatic N) is 4. The molecule has 116 valence electrons. The van der Waals surface area contributed by atoms with Crippen LogP contribution in [0.4, 0.5) is 17.5 Å². The van der Waals surface area contributed by atoms with Crippen molar-refractivity contribution < 1.29 is 4.74 Å². The van der Waals surface area contributed by atoms with Crippen molar-refractivity contribution in [1.82, 2.24) is 15.2 Å². The van der Waals surface area contributed by atoms with E-state index in [0.717, 1.165) is 18.8 Å². The molecule has 1 aliphatic heterocycles. The number of benzene rings is 1. The quantitative estimate of drug-likeness (QED) is 0.933. The van der Waals surface area contributed by atoms with Crippen molar-refractivity contribution in [2.24, 2.45) is 0 Å². The van der Waals surface area contributed by atoms with E-state index in [4.69, 9.17) is 16.3 Å². The topological polar surface area (TPSA) is 63.2 Å². The summed E-state index contributed by atoms with van der Waals surface area (Å²) in [6.45, 7) is 1.97. The first-order valence-corrected chi connectivity index (χ1v) is 7.69. The van der Waals surface area contributed by atoms with Gasteiger partial charge >= 0.3 is 0 Å².